The van der Waals surface area contributed by atoms with Gasteiger partial charge in [0.1, 0.15) is 22.8 Å². The van der Waals surface area contributed by atoms with E-state index in [9.17, 15) is 23.3 Å². The number of fused-ring (bicyclic) bond motifs is 1. The highest BCUT2D eigenvalue weighted by Crippen LogP contribution is 2.46. The molecule has 1 amide bonds. The van der Waals surface area contributed by atoms with Crippen molar-refractivity contribution in [2.45, 2.75) is 68.2 Å². The summed E-state index contributed by atoms with van der Waals surface area (Å²) in [7, 11) is -4.53. The highest BCUT2D eigenvalue weighted by Gasteiger charge is 2.34. The van der Waals surface area contributed by atoms with Gasteiger partial charge in [0.05, 0.1) is 21.6 Å². The normalized spacial score (nSPS) is 19.4. The summed E-state index contributed by atoms with van der Waals surface area (Å²) in [5.41, 5.74) is 4.40. The summed E-state index contributed by atoms with van der Waals surface area (Å²) in [5.74, 6) is 1.17. The topological polar surface area (TPSA) is 172 Å². The molecule has 4 aliphatic rings. The molecule has 0 bridgehead atoms. The number of ether oxygens (including phenoxy) is 2. The van der Waals surface area contributed by atoms with Gasteiger partial charge in [0.2, 0.25) is 0 Å². The maximum Gasteiger partial charge on any atom is 0.293 e. The monoisotopic (exact) mass is 833 g/mol. The molecule has 314 valence electrons. The highest BCUT2D eigenvalue weighted by atomic mass is 32.2. The van der Waals surface area contributed by atoms with E-state index >= 15 is 0 Å². The summed E-state index contributed by atoms with van der Waals surface area (Å²) >= 11 is 0. The fraction of sp³-hybridized carbons (Fsp3) is 0.422. The van der Waals surface area contributed by atoms with Crippen LogP contribution in [0.4, 0.5) is 17.1 Å². The van der Waals surface area contributed by atoms with Gasteiger partial charge in [-0.3, -0.25) is 19.8 Å². The largest absolute Gasteiger partial charge is 0.455 e. The maximum atomic E-state index is 13.9. The first-order chi connectivity index (χ1) is 29.2. The number of benzene rings is 3. The van der Waals surface area contributed by atoms with Crippen molar-refractivity contribution < 1.29 is 27.6 Å². The minimum atomic E-state index is -4.53. The van der Waals surface area contributed by atoms with Gasteiger partial charge in [-0.15, -0.1) is 0 Å². The van der Waals surface area contributed by atoms with Crippen LogP contribution in [0.15, 0.2) is 90.1 Å². The number of carbonyl (C=O) groups excluding carboxylic acids is 1. The summed E-state index contributed by atoms with van der Waals surface area (Å²) in [5, 5.41) is 16.0. The minimum absolute atomic E-state index is 0.0119. The van der Waals surface area contributed by atoms with Crippen LogP contribution in [-0.2, 0) is 14.8 Å². The molecule has 5 heterocycles. The molecular weight excluding hydrogens is 783 g/mol. The summed E-state index contributed by atoms with van der Waals surface area (Å²) in [6.07, 6.45) is 12.1. The summed E-state index contributed by atoms with van der Waals surface area (Å²) < 4.78 is 41.2. The van der Waals surface area contributed by atoms with Gasteiger partial charge in [0, 0.05) is 74.8 Å². The zero-order chi connectivity index (χ0) is 41.2. The number of H-pyrrole nitrogens is 1. The molecule has 3 saturated heterocycles. The van der Waals surface area contributed by atoms with Crippen LogP contribution in [0.1, 0.15) is 84.8 Å². The number of likely N-dealkylation sites (tertiary alicyclic amines) is 1. The number of pyridine rings is 1. The van der Waals surface area contributed by atoms with Crippen LogP contribution in [0.3, 0.4) is 0 Å². The van der Waals surface area contributed by atoms with Crippen molar-refractivity contribution in [3.8, 4) is 11.5 Å². The van der Waals surface area contributed by atoms with Crippen LogP contribution < -0.4 is 19.7 Å². The Balaban J connectivity index is 0.908. The number of carbonyl (C=O) groups is 1. The molecule has 3 aromatic carbocycles. The molecule has 2 aromatic heterocycles. The number of nitro groups is 1. The Morgan fingerprint density at radius 1 is 0.917 bits per heavy atom. The summed E-state index contributed by atoms with van der Waals surface area (Å²) in [4.78, 5) is 37.4. The number of piperidine rings is 1. The third kappa shape index (κ3) is 8.84. The highest BCUT2D eigenvalue weighted by molar-refractivity contribution is 7.90. The number of nitro benzene ring substituents is 1. The van der Waals surface area contributed by atoms with Gasteiger partial charge in [-0.25, -0.2) is 18.1 Å². The van der Waals surface area contributed by atoms with E-state index in [0.29, 0.717) is 43.1 Å². The van der Waals surface area contributed by atoms with E-state index in [0.717, 1.165) is 74.9 Å². The number of sulfonamides is 1. The lowest BCUT2D eigenvalue weighted by molar-refractivity contribution is -0.384. The van der Waals surface area contributed by atoms with Crippen molar-refractivity contribution in [2.75, 3.05) is 56.2 Å². The average molecular weight is 834 g/mol. The Morgan fingerprint density at radius 3 is 2.50 bits per heavy atom. The zero-order valence-electron chi connectivity index (χ0n) is 33.6. The van der Waals surface area contributed by atoms with E-state index < -0.39 is 31.4 Å². The van der Waals surface area contributed by atoms with Crippen molar-refractivity contribution in [1.29, 1.82) is 0 Å². The Morgan fingerprint density at radius 2 is 1.72 bits per heavy atom. The van der Waals surface area contributed by atoms with E-state index in [4.69, 9.17) is 9.47 Å². The van der Waals surface area contributed by atoms with Crippen LogP contribution in [-0.4, -0.2) is 80.1 Å². The van der Waals surface area contributed by atoms with Crippen LogP contribution in [0.25, 0.3) is 11.0 Å². The molecule has 0 radical (unpaired) electrons. The number of anilines is 2. The minimum Gasteiger partial charge on any atom is -0.455 e. The number of nitrogens with one attached hydrogen (secondary N) is 3. The number of nitrogens with zero attached hydrogens (tertiary/aromatic N) is 4. The van der Waals surface area contributed by atoms with Crippen molar-refractivity contribution in [3.05, 3.63) is 112 Å². The average Bonchev–Trinajstić information content (AvgIpc) is 3.83. The second-order valence-electron chi connectivity index (χ2n) is 16.7. The lowest BCUT2D eigenvalue weighted by Crippen LogP contribution is -2.39. The lowest BCUT2D eigenvalue weighted by Gasteiger charge is -2.37. The van der Waals surface area contributed by atoms with Gasteiger partial charge in [0.15, 0.2) is 0 Å². The predicted octanol–water partition coefficient (Wildman–Crippen LogP) is 8.15. The van der Waals surface area contributed by atoms with Crippen molar-refractivity contribution >= 4 is 44.0 Å². The van der Waals surface area contributed by atoms with Crippen molar-refractivity contribution in [2.24, 2.45) is 11.8 Å². The molecule has 1 unspecified atom stereocenters. The molecular formula is C45H51N7O7S. The van der Waals surface area contributed by atoms with Gasteiger partial charge < -0.3 is 24.7 Å². The molecule has 1 aliphatic carbocycles. The predicted molar refractivity (Wildman–Crippen MR) is 229 cm³/mol. The van der Waals surface area contributed by atoms with E-state index in [1.165, 1.54) is 43.4 Å². The molecule has 15 heteroatoms. The van der Waals surface area contributed by atoms with Crippen LogP contribution in [0.2, 0.25) is 0 Å². The number of amides is 1. The van der Waals surface area contributed by atoms with Crippen molar-refractivity contribution in [3.63, 3.8) is 0 Å². The second kappa shape index (κ2) is 17.2. The number of hydrogen-bond acceptors (Lipinski definition) is 11. The molecule has 1 saturated carbocycles. The molecule has 3 aliphatic heterocycles. The molecule has 14 nitrogen and oxygen atoms in total. The van der Waals surface area contributed by atoms with Crippen molar-refractivity contribution in [1.82, 2.24) is 19.6 Å². The number of rotatable bonds is 14. The third-order valence-electron chi connectivity index (χ3n) is 12.6. The van der Waals surface area contributed by atoms with Crippen LogP contribution >= 0.6 is 0 Å². The van der Waals surface area contributed by atoms with Gasteiger partial charge in [0.25, 0.3) is 21.6 Å². The number of aromatic amines is 1. The molecule has 60 heavy (non-hydrogen) atoms. The first-order valence-corrected chi connectivity index (χ1v) is 22.7. The number of aromatic nitrogens is 2. The Kier molecular flexibility index (Phi) is 11.5. The fourth-order valence-corrected chi connectivity index (χ4v) is 10.2. The Hall–Kier alpha value is -5.51. The molecule has 4 fully saturated rings. The SMILES string of the molecule is O=C(NS(=O)(=O)c1ccc(NCC2CCOCC2)c([N+](=O)[O-])c1)c1ccc(N2CCC(CN3CCCC3c3ccccc3C3CC3)CC2)cc1Oc1cnc2[nH]ccc2c1. The molecule has 1 atom stereocenters. The van der Waals surface area contributed by atoms with E-state index in [-0.39, 0.29) is 22.9 Å². The van der Waals surface area contributed by atoms with E-state index in [1.54, 1.807) is 36.2 Å². The first-order valence-electron chi connectivity index (χ1n) is 21.2. The second-order valence-corrected chi connectivity index (χ2v) is 18.3. The zero-order valence-corrected chi connectivity index (χ0v) is 34.4. The quantitative estimate of drug-likeness (QED) is 0.0728. The van der Waals surface area contributed by atoms with Gasteiger partial charge in [-0.2, -0.15) is 0 Å². The van der Waals surface area contributed by atoms with Crippen LogP contribution in [0.5, 0.6) is 11.5 Å². The summed E-state index contributed by atoms with van der Waals surface area (Å²) in [6.45, 7) is 5.62. The smallest absolute Gasteiger partial charge is 0.293 e. The van der Waals surface area contributed by atoms with Gasteiger partial charge in [-0.1, -0.05) is 24.3 Å². The number of hydrogen-bond donors (Lipinski definition) is 3. The van der Waals surface area contributed by atoms with Crippen LogP contribution in [0, 0.1) is 22.0 Å². The molecule has 9 rings (SSSR count). The lowest BCUT2D eigenvalue weighted by atomic mass is 9.93. The first kappa shape index (κ1) is 39.9. The fourth-order valence-electron chi connectivity index (χ4n) is 9.18. The Labute approximate surface area is 349 Å². The standard InChI is InChI=1S/C45H51N7O7S/c53-45(49-60(56,57)36-10-12-40(42(26-36)52(54)55)47-27-30-16-22-58-23-17-30)39-11-9-34(25-43(39)59-35-24-33-13-18-46-44(33)48-28-35)50-20-14-31(15-21-50)29-51-19-3-6-41(51)38-5-2-1-4-37(38)32-7-8-32/h1-2,4-5,9-13,18,24-26,28,30-32,41,47H,3,6-8,14-17,19-23,27,29H2,(H,46,48)(H,49,53). The molecule has 3 N–H and O–H groups in total. The van der Waals surface area contributed by atoms with E-state index in [2.05, 4.69) is 54.1 Å². The molecule has 5 aromatic rings. The van der Waals surface area contributed by atoms with Gasteiger partial charge >= 0.3 is 0 Å². The summed E-state index contributed by atoms with van der Waals surface area (Å²) in [6, 6.07) is 22.0. The van der Waals surface area contributed by atoms with E-state index in [1.807, 2.05) is 12.1 Å². The third-order valence-corrected chi connectivity index (χ3v) is 14.0. The Bertz CT molecular complexity index is 2470. The maximum absolute atomic E-state index is 13.9. The molecule has 0 spiro atoms. The van der Waals surface area contributed by atoms with Gasteiger partial charge in [-0.05, 0) is 123 Å².